The van der Waals surface area contributed by atoms with E-state index in [1.807, 2.05) is 25.1 Å². The molecule has 0 aliphatic heterocycles. The monoisotopic (exact) mass is 242 g/mol. The lowest BCUT2D eigenvalue weighted by atomic mass is 10.2. The Kier molecular flexibility index (Phi) is 3.91. The van der Waals surface area contributed by atoms with E-state index in [4.69, 9.17) is 4.42 Å². The number of hydrogen-bond donors (Lipinski definition) is 1. The molecule has 1 aromatic carbocycles. The van der Waals surface area contributed by atoms with Gasteiger partial charge in [-0.05, 0) is 24.3 Å². The molecule has 92 valence electrons. The molecule has 18 heavy (non-hydrogen) atoms. The van der Waals surface area contributed by atoms with E-state index in [1.165, 1.54) is 6.21 Å². The first-order chi connectivity index (χ1) is 8.79. The lowest BCUT2D eigenvalue weighted by Crippen LogP contribution is -2.17. The minimum Gasteiger partial charge on any atom is -0.460 e. The molecule has 0 spiro atoms. The minimum atomic E-state index is -0.242. The van der Waals surface area contributed by atoms with Crippen molar-refractivity contribution in [2.45, 2.75) is 13.3 Å². The lowest BCUT2D eigenvalue weighted by molar-refractivity contribution is 0.0955. The number of rotatable bonds is 4. The Hall–Kier alpha value is -2.36. The van der Waals surface area contributed by atoms with Gasteiger partial charge in [-0.25, -0.2) is 5.43 Å². The molecule has 0 bridgehead atoms. The number of hydrogen-bond acceptors (Lipinski definition) is 3. The van der Waals surface area contributed by atoms with E-state index in [1.54, 1.807) is 24.3 Å². The second-order valence-electron chi connectivity index (χ2n) is 3.72. The van der Waals surface area contributed by atoms with Gasteiger partial charge in [0.05, 0.1) is 6.21 Å². The van der Waals surface area contributed by atoms with Gasteiger partial charge in [0.15, 0.2) is 0 Å². The van der Waals surface area contributed by atoms with Gasteiger partial charge in [0.25, 0.3) is 5.91 Å². The molecule has 0 fully saturated rings. The predicted octanol–water partition coefficient (Wildman–Crippen LogP) is 2.61. The van der Waals surface area contributed by atoms with Crippen LogP contribution < -0.4 is 5.43 Å². The standard InChI is InChI=1S/C14H14N2O2/c1-2-12-8-9-13(18-12)10-15-16-14(17)11-6-4-3-5-7-11/h3-10H,2H2,1H3,(H,16,17). The number of carbonyl (C=O) groups is 1. The van der Waals surface area contributed by atoms with Crippen molar-refractivity contribution in [2.75, 3.05) is 0 Å². The van der Waals surface area contributed by atoms with Crippen molar-refractivity contribution >= 4 is 12.1 Å². The summed E-state index contributed by atoms with van der Waals surface area (Å²) < 4.78 is 5.42. The van der Waals surface area contributed by atoms with E-state index >= 15 is 0 Å². The highest BCUT2D eigenvalue weighted by Gasteiger charge is 2.02. The summed E-state index contributed by atoms with van der Waals surface area (Å²) in [7, 11) is 0. The highest BCUT2D eigenvalue weighted by molar-refractivity contribution is 5.94. The fraction of sp³-hybridized carbons (Fsp3) is 0.143. The second-order valence-corrected chi connectivity index (χ2v) is 3.72. The van der Waals surface area contributed by atoms with Gasteiger partial charge < -0.3 is 4.42 Å². The van der Waals surface area contributed by atoms with E-state index in [9.17, 15) is 4.79 Å². The van der Waals surface area contributed by atoms with Gasteiger partial charge in [-0.3, -0.25) is 4.79 Å². The van der Waals surface area contributed by atoms with Crippen LogP contribution in [0.1, 0.15) is 28.8 Å². The summed E-state index contributed by atoms with van der Waals surface area (Å²) in [5.74, 6) is 1.28. The number of hydrazone groups is 1. The molecule has 0 aliphatic carbocycles. The number of benzene rings is 1. The molecule has 0 unspecified atom stereocenters. The molecule has 0 radical (unpaired) electrons. The summed E-state index contributed by atoms with van der Waals surface area (Å²) in [5.41, 5.74) is 3.02. The third-order valence-corrected chi connectivity index (χ3v) is 2.42. The van der Waals surface area contributed by atoms with Crippen LogP contribution in [-0.2, 0) is 6.42 Å². The normalized spacial score (nSPS) is 10.7. The Labute approximate surface area is 105 Å². The zero-order valence-corrected chi connectivity index (χ0v) is 10.1. The molecule has 0 aliphatic rings. The maximum atomic E-state index is 11.6. The van der Waals surface area contributed by atoms with Crippen LogP contribution in [0.15, 0.2) is 52.0 Å². The topological polar surface area (TPSA) is 54.6 Å². The van der Waals surface area contributed by atoms with E-state index < -0.39 is 0 Å². The van der Waals surface area contributed by atoms with Crippen molar-refractivity contribution in [1.82, 2.24) is 5.43 Å². The van der Waals surface area contributed by atoms with Crippen LogP contribution in [0.3, 0.4) is 0 Å². The zero-order chi connectivity index (χ0) is 12.8. The van der Waals surface area contributed by atoms with Crippen LogP contribution in [0.5, 0.6) is 0 Å². The summed E-state index contributed by atoms with van der Waals surface area (Å²) in [6.07, 6.45) is 2.32. The fourth-order valence-electron chi connectivity index (χ4n) is 1.46. The summed E-state index contributed by atoms with van der Waals surface area (Å²) in [5, 5.41) is 3.85. The van der Waals surface area contributed by atoms with Crippen LogP contribution in [0.4, 0.5) is 0 Å². The summed E-state index contributed by atoms with van der Waals surface area (Å²) in [6.45, 7) is 2.01. The van der Waals surface area contributed by atoms with Crippen molar-refractivity contribution in [2.24, 2.45) is 5.10 Å². The van der Waals surface area contributed by atoms with Crippen molar-refractivity contribution in [1.29, 1.82) is 0 Å². The Morgan fingerprint density at radius 3 is 2.72 bits per heavy atom. The second kappa shape index (κ2) is 5.82. The summed E-state index contributed by atoms with van der Waals surface area (Å²) in [6, 6.07) is 12.6. The van der Waals surface area contributed by atoms with E-state index in [0.717, 1.165) is 12.2 Å². The van der Waals surface area contributed by atoms with E-state index in [0.29, 0.717) is 11.3 Å². The Balaban J connectivity index is 1.93. The molecule has 0 saturated heterocycles. The predicted molar refractivity (Wildman–Crippen MR) is 69.6 cm³/mol. The Bertz CT molecular complexity index is 544. The average molecular weight is 242 g/mol. The van der Waals surface area contributed by atoms with Crippen LogP contribution in [0, 0.1) is 0 Å². The number of nitrogens with one attached hydrogen (secondary N) is 1. The molecule has 1 N–H and O–H groups in total. The Morgan fingerprint density at radius 1 is 1.28 bits per heavy atom. The first-order valence-electron chi connectivity index (χ1n) is 5.76. The number of carbonyl (C=O) groups excluding carboxylic acids is 1. The van der Waals surface area contributed by atoms with Gasteiger partial charge in [-0.15, -0.1) is 0 Å². The number of furan rings is 1. The minimum absolute atomic E-state index is 0.242. The van der Waals surface area contributed by atoms with Crippen LogP contribution in [0.25, 0.3) is 0 Å². The van der Waals surface area contributed by atoms with Gasteiger partial charge in [-0.1, -0.05) is 25.1 Å². The van der Waals surface area contributed by atoms with Crippen molar-refractivity contribution in [3.8, 4) is 0 Å². The maximum absolute atomic E-state index is 11.6. The largest absolute Gasteiger partial charge is 0.460 e. The molecule has 2 rings (SSSR count). The first-order valence-corrected chi connectivity index (χ1v) is 5.76. The quantitative estimate of drug-likeness (QED) is 0.661. The van der Waals surface area contributed by atoms with Crippen molar-refractivity contribution in [3.63, 3.8) is 0 Å². The highest BCUT2D eigenvalue weighted by Crippen LogP contribution is 2.05. The molecule has 4 nitrogen and oxygen atoms in total. The molecular weight excluding hydrogens is 228 g/mol. The molecule has 2 aromatic rings. The van der Waals surface area contributed by atoms with E-state index in [-0.39, 0.29) is 5.91 Å². The maximum Gasteiger partial charge on any atom is 0.271 e. The van der Waals surface area contributed by atoms with Crippen LogP contribution >= 0.6 is 0 Å². The lowest BCUT2D eigenvalue weighted by Gasteiger charge is -1.97. The smallest absolute Gasteiger partial charge is 0.271 e. The molecule has 1 amide bonds. The summed E-state index contributed by atoms with van der Waals surface area (Å²) in [4.78, 5) is 11.6. The molecule has 0 atom stereocenters. The molecular formula is C14H14N2O2. The fourth-order valence-corrected chi connectivity index (χ4v) is 1.46. The van der Waals surface area contributed by atoms with Gasteiger partial charge in [-0.2, -0.15) is 5.10 Å². The molecule has 1 heterocycles. The van der Waals surface area contributed by atoms with Crippen molar-refractivity contribution in [3.05, 3.63) is 59.5 Å². The van der Waals surface area contributed by atoms with Gasteiger partial charge in [0.1, 0.15) is 11.5 Å². The third-order valence-electron chi connectivity index (χ3n) is 2.42. The average Bonchev–Trinajstić information content (AvgIpc) is 2.87. The van der Waals surface area contributed by atoms with Gasteiger partial charge in [0, 0.05) is 12.0 Å². The van der Waals surface area contributed by atoms with Gasteiger partial charge >= 0.3 is 0 Å². The molecule has 1 aromatic heterocycles. The molecule has 0 saturated carbocycles. The van der Waals surface area contributed by atoms with Gasteiger partial charge in [0.2, 0.25) is 0 Å². The Morgan fingerprint density at radius 2 is 2.06 bits per heavy atom. The van der Waals surface area contributed by atoms with Crippen LogP contribution in [-0.4, -0.2) is 12.1 Å². The first kappa shape index (κ1) is 12.1. The number of nitrogens with zero attached hydrogens (tertiary/aromatic N) is 1. The SMILES string of the molecule is CCc1ccc(C=NNC(=O)c2ccccc2)o1. The summed E-state index contributed by atoms with van der Waals surface area (Å²) >= 11 is 0. The zero-order valence-electron chi connectivity index (χ0n) is 10.1. The number of amides is 1. The third kappa shape index (κ3) is 3.07. The highest BCUT2D eigenvalue weighted by atomic mass is 16.3. The van der Waals surface area contributed by atoms with Crippen LogP contribution in [0.2, 0.25) is 0 Å². The number of aryl methyl sites for hydroxylation is 1. The van der Waals surface area contributed by atoms with E-state index in [2.05, 4.69) is 10.5 Å². The van der Waals surface area contributed by atoms with Crippen molar-refractivity contribution < 1.29 is 9.21 Å². The molecule has 4 heteroatoms.